The number of ether oxygens (including phenoxy) is 3. The lowest BCUT2D eigenvalue weighted by Gasteiger charge is -2.01. The molecule has 2 aliphatic rings. The summed E-state index contributed by atoms with van der Waals surface area (Å²) in [5.74, 6) is -0.249. The van der Waals surface area contributed by atoms with E-state index in [4.69, 9.17) is 14.2 Å². The van der Waals surface area contributed by atoms with Crippen LogP contribution in [0.15, 0.2) is 11.6 Å². The van der Waals surface area contributed by atoms with Crippen LogP contribution in [0.5, 0.6) is 0 Å². The van der Waals surface area contributed by atoms with Gasteiger partial charge in [0.1, 0.15) is 12.7 Å². The summed E-state index contributed by atoms with van der Waals surface area (Å²) >= 11 is 0. The van der Waals surface area contributed by atoms with Crippen LogP contribution in [0.2, 0.25) is 0 Å². The second kappa shape index (κ2) is 4.11. The molecule has 2 atom stereocenters. The minimum atomic E-state index is -0.249. The van der Waals surface area contributed by atoms with Crippen LogP contribution in [-0.4, -0.2) is 38.0 Å². The zero-order chi connectivity index (χ0) is 9.97. The third-order valence-corrected chi connectivity index (χ3v) is 2.21. The number of carbonyl (C=O) groups is 1. The molecule has 2 rings (SSSR count). The molecular weight excluding hydrogens is 184 g/mol. The largest absolute Gasteiger partial charge is 0.459 e. The summed E-state index contributed by atoms with van der Waals surface area (Å²) in [6, 6.07) is 0. The molecule has 4 heteroatoms. The molecule has 0 saturated carbocycles. The first kappa shape index (κ1) is 9.68. The van der Waals surface area contributed by atoms with E-state index in [2.05, 4.69) is 0 Å². The Balaban J connectivity index is 1.67. The highest BCUT2D eigenvalue weighted by molar-refractivity contribution is 5.87. The van der Waals surface area contributed by atoms with Crippen molar-refractivity contribution in [2.75, 3.05) is 19.8 Å². The lowest BCUT2D eigenvalue weighted by Crippen LogP contribution is -2.10. The van der Waals surface area contributed by atoms with E-state index >= 15 is 0 Å². The van der Waals surface area contributed by atoms with E-state index < -0.39 is 0 Å². The van der Waals surface area contributed by atoms with Crippen LogP contribution in [0.4, 0.5) is 0 Å². The minimum absolute atomic E-state index is 0.138. The first-order valence-electron chi connectivity index (χ1n) is 4.83. The lowest BCUT2D eigenvalue weighted by atomic mass is 10.2. The topological polar surface area (TPSA) is 51.4 Å². The van der Waals surface area contributed by atoms with Crippen molar-refractivity contribution in [3.8, 4) is 0 Å². The molecule has 14 heavy (non-hydrogen) atoms. The van der Waals surface area contributed by atoms with Crippen LogP contribution in [0.25, 0.3) is 0 Å². The van der Waals surface area contributed by atoms with E-state index in [1.165, 1.54) is 0 Å². The summed E-state index contributed by atoms with van der Waals surface area (Å²) in [6.45, 7) is 3.67. The van der Waals surface area contributed by atoms with E-state index in [0.717, 1.165) is 13.0 Å². The van der Waals surface area contributed by atoms with Gasteiger partial charge in [-0.15, -0.1) is 0 Å². The third-order valence-electron chi connectivity index (χ3n) is 2.21. The first-order valence-corrected chi connectivity index (χ1v) is 4.83. The summed E-state index contributed by atoms with van der Waals surface area (Å²) in [5, 5.41) is 0. The Morgan fingerprint density at radius 3 is 2.64 bits per heavy atom. The first-order chi connectivity index (χ1) is 6.75. The highest BCUT2D eigenvalue weighted by atomic mass is 16.6. The number of esters is 1. The Morgan fingerprint density at radius 1 is 1.43 bits per heavy atom. The summed E-state index contributed by atoms with van der Waals surface area (Å²) < 4.78 is 15.0. The molecule has 2 heterocycles. The molecule has 0 bridgehead atoms. The van der Waals surface area contributed by atoms with Crippen LogP contribution in [-0.2, 0) is 19.0 Å². The Hall–Kier alpha value is -0.870. The van der Waals surface area contributed by atoms with Gasteiger partial charge in [-0.1, -0.05) is 6.08 Å². The molecule has 0 amide bonds. The van der Waals surface area contributed by atoms with Crippen LogP contribution in [0.1, 0.15) is 13.3 Å². The van der Waals surface area contributed by atoms with E-state index in [1.807, 2.05) is 6.08 Å². The van der Waals surface area contributed by atoms with E-state index in [-0.39, 0.29) is 12.1 Å². The van der Waals surface area contributed by atoms with Crippen molar-refractivity contribution in [3.05, 3.63) is 11.6 Å². The van der Waals surface area contributed by atoms with Gasteiger partial charge in [-0.25, -0.2) is 4.79 Å². The second-order valence-electron chi connectivity index (χ2n) is 3.63. The fourth-order valence-electron chi connectivity index (χ4n) is 1.04. The quantitative estimate of drug-likeness (QED) is 0.370. The van der Waals surface area contributed by atoms with Crippen molar-refractivity contribution in [3.63, 3.8) is 0 Å². The van der Waals surface area contributed by atoms with Crippen LogP contribution >= 0.6 is 0 Å². The molecule has 2 aliphatic heterocycles. The number of hydrogen-bond acceptors (Lipinski definition) is 4. The average Bonchev–Trinajstić information content (AvgIpc) is 3.02. The summed E-state index contributed by atoms with van der Waals surface area (Å²) in [7, 11) is 0. The third kappa shape index (κ3) is 3.12. The van der Waals surface area contributed by atoms with Gasteiger partial charge < -0.3 is 14.2 Å². The fraction of sp³-hybridized carbons (Fsp3) is 0.700. The van der Waals surface area contributed by atoms with Crippen LogP contribution in [0, 0.1) is 0 Å². The standard InChI is InChI=1S/C10H14O4/c1-7(2-3-8-4-12-8)10(11)14-6-9-5-13-9/h2,8-9H,3-6H2,1H3. The Morgan fingerprint density at radius 2 is 2.07 bits per heavy atom. The molecule has 0 aromatic rings. The fourth-order valence-corrected chi connectivity index (χ4v) is 1.04. The molecule has 4 nitrogen and oxygen atoms in total. The number of rotatable bonds is 5. The molecular formula is C10H14O4. The Kier molecular flexibility index (Phi) is 2.84. The van der Waals surface area contributed by atoms with Gasteiger partial charge in [-0.2, -0.15) is 0 Å². The molecule has 0 N–H and O–H groups in total. The highest BCUT2D eigenvalue weighted by Crippen LogP contribution is 2.15. The lowest BCUT2D eigenvalue weighted by molar-refractivity contribution is -0.139. The van der Waals surface area contributed by atoms with Gasteiger partial charge in [0, 0.05) is 5.57 Å². The molecule has 2 saturated heterocycles. The van der Waals surface area contributed by atoms with E-state index in [9.17, 15) is 4.79 Å². The number of epoxide rings is 2. The van der Waals surface area contributed by atoms with Gasteiger partial charge in [0.15, 0.2) is 0 Å². The Bertz CT molecular complexity index is 251. The van der Waals surface area contributed by atoms with Gasteiger partial charge in [-0.3, -0.25) is 0 Å². The SMILES string of the molecule is CC(=CCC1CO1)C(=O)OCC1CO1. The highest BCUT2D eigenvalue weighted by Gasteiger charge is 2.25. The van der Waals surface area contributed by atoms with Crippen LogP contribution in [0.3, 0.4) is 0 Å². The predicted molar refractivity (Wildman–Crippen MR) is 48.8 cm³/mol. The van der Waals surface area contributed by atoms with Crippen molar-refractivity contribution in [1.82, 2.24) is 0 Å². The summed E-state index contributed by atoms with van der Waals surface area (Å²) in [5.41, 5.74) is 0.654. The number of carbonyl (C=O) groups excluding carboxylic acids is 1. The maximum Gasteiger partial charge on any atom is 0.333 e. The monoisotopic (exact) mass is 198 g/mol. The molecule has 0 radical (unpaired) electrons. The molecule has 78 valence electrons. The van der Waals surface area contributed by atoms with Crippen LogP contribution < -0.4 is 0 Å². The zero-order valence-electron chi connectivity index (χ0n) is 8.19. The zero-order valence-corrected chi connectivity index (χ0v) is 8.19. The van der Waals surface area contributed by atoms with Gasteiger partial charge in [0.2, 0.25) is 0 Å². The molecule has 0 aliphatic carbocycles. The van der Waals surface area contributed by atoms with Crippen molar-refractivity contribution in [1.29, 1.82) is 0 Å². The van der Waals surface area contributed by atoms with Gasteiger partial charge >= 0.3 is 5.97 Å². The number of hydrogen-bond donors (Lipinski definition) is 0. The van der Waals surface area contributed by atoms with Crippen molar-refractivity contribution >= 4 is 5.97 Å². The van der Waals surface area contributed by atoms with Gasteiger partial charge in [0.25, 0.3) is 0 Å². The summed E-state index contributed by atoms with van der Waals surface area (Å²) in [6.07, 6.45) is 3.14. The van der Waals surface area contributed by atoms with E-state index in [0.29, 0.717) is 24.9 Å². The maximum absolute atomic E-state index is 11.3. The molecule has 2 unspecified atom stereocenters. The molecule has 0 aromatic heterocycles. The van der Waals surface area contributed by atoms with Crippen molar-refractivity contribution in [2.24, 2.45) is 0 Å². The van der Waals surface area contributed by atoms with Crippen molar-refractivity contribution < 1.29 is 19.0 Å². The second-order valence-corrected chi connectivity index (χ2v) is 3.63. The average molecular weight is 198 g/mol. The molecule has 2 fully saturated rings. The smallest absolute Gasteiger partial charge is 0.333 e. The minimum Gasteiger partial charge on any atom is -0.459 e. The molecule has 0 spiro atoms. The van der Waals surface area contributed by atoms with Gasteiger partial charge in [-0.05, 0) is 13.3 Å². The van der Waals surface area contributed by atoms with Crippen molar-refractivity contribution in [2.45, 2.75) is 25.6 Å². The maximum atomic E-state index is 11.3. The molecule has 0 aromatic carbocycles. The summed E-state index contributed by atoms with van der Waals surface area (Å²) in [4.78, 5) is 11.3. The Labute approximate surface area is 82.8 Å². The predicted octanol–water partition coefficient (Wildman–Crippen LogP) is 0.664. The van der Waals surface area contributed by atoms with E-state index in [1.54, 1.807) is 6.92 Å². The van der Waals surface area contributed by atoms with Gasteiger partial charge in [0.05, 0.1) is 19.3 Å². The normalized spacial score (nSPS) is 29.9.